The monoisotopic (exact) mass is 492 g/mol. The third-order valence-electron chi connectivity index (χ3n) is 10.0. The second-order valence-electron chi connectivity index (χ2n) is 11.8. The van der Waals surface area contributed by atoms with Gasteiger partial charge in [-0.3, -0.25) is 19.4 Å². The number of benzene rings is 1. The van der Waals surface area contributed by atoms with Gasteiger partial charge in [-0.1, -0.05) is 25.0 Å². The fourth-order valence-corrected chi connectivity index (χ4v) is 9.02. The molecule has 2 aromatic rings. The van der Waals surface area contributed by atoms with E-state index in [9.17, 15) is 9.59 Å². The molecule has 2 amide bonds. The Morgan fingerprint density at radius 3 is 2.20 bits per heavy atom. The minimum atomic E-state index is 0.0261. The summed E-state index contributed by atoms with van der Waals surface area (Å²) >= 11 is 1.60. The van der Waals surface area contributed by atoms with Crippen LogP contribution in [0.25, 0.3) is 10.1 Å². The maximum absolute atomic E-state index is 13.3. The summed E-state index contributed by atoms with van der Waals surface area (Å²) in [5, 5.41) is 1.27. The van der Waals surface area contributed by atoms with Gasteiger partial charge in [-0.15, -0.1) is 0 Å². The van der Waals surface area contributed by atoms with Crippen LogP contribution >= 0.6 is 11.5 Å². The van der Waals surface area contributed by atoms with E-state index < -0.39 is 0 Å². The van der Waals surface area contributed by atoms with Gasteiger partial charge in [0.15, 0.2) is 0 Å². The molecule has 35 heavy (non-hydrogen) atoms. The number of hydrogen-bond donors (Lipinski definition) is 0. The molecule has 0 N–H and O–H groups in total. The molecule has 1 aromatic carbocycles. The number of nitrogens with zero attached hydrogens (tertiary/aromatic N) is 4. The lowest BCUT2D eigenvalue weighted by atomic mass is 9.78. The van der Waals surface area contributed by atoms with Gasteiger partial charge in [-0.2, -0.15) is 4.37 Å². The van der Waals surface area contributed by atoms with Crippen LogP contribution in [0.3, 0.4) is 0 Å². The molecule has 0 spiro atoms. The number of likely N-dealkylation sites (tertiary alicyclic amines) is 1. The first-order chi connectivity index (χ1) is 17.2. The van der Waals surface area contributed by atoms with Crippen molar-refractivity contribution in [2.24, 2.45) is 35.5 Å². The molecule has 2 bridgehead atoms. The van der Waals surface area contributed by atoms with Crippen LogP contribution in [-0.4, -0.2) is 65.3 Å². The highest BCUT2D eigenvalue weighted by Gasteiger charge is 2.61. The summed E-state index contributed by atoms with van der Waals surface area (Å²) in [6.07, 6.45) is 8.35. The number of piperazine rings is 1. The largest absolute Gasteiger partial charge is 0.353 e. The van der Waals surface area contributed by atoms with Gasteiger partial charge in [0, 0.05) is 44.7 Å². The van der Waals surface area contributed by atoms with Gasteiger partial charge in [0.05, 0.1) is 16.5 Å². The van der Waals surface area contributed by atoms with E-state index >= 15 is 0 Å². The molecule has 0 radical (unpaired) electrons. The zero-order valence-electron chi connectivity index (χ0n) is 20.5. The first-order valence-corrected chi connectivity index (χ1v) is 14.6. The van der Waals surface area contributed by atoms with Crippen molar-refractivity contribution in [2.45, 2.75) is 44.9 Å². The summed E-state index contributed by atoms with van der Waals surface area (Å²) in [6, 6.07) is 8.54. The van der Waals surface area contributed by atoms with Crippen LogP contribution in [0, 0.1) is 35.5 Å². The van der Waals surface area contributed by atoms with Crippen molar-refractivity contribution in [2.75, 3.05) is 44.2 Å². The number of carbonyl (C=O) groups is 2. The first kappa shape index (κ1) is 22.2. The lowest BCUT2D eigenvalue weighted by molar-refractivity contribution is -0.142. The average molecular weight is 493 g/mol. The first-order valence-electron chi connectivity index (χ1n) is 13.8. The topological polar surface area (TPSA) is 56.8 Å². The van der Waals surface area contributed by atoms with Crippen molar-refractivity contribution in [3.63, 3.8) is 0 Å². The summed E-state index contributed by atoms with van der Waals surface area (Å²) in [4.78, 5) is 33.4. The Hall–Kier alpha value is -1.99. The lowest BCUT2D eigenvalue weighted by Gasteiger charge is -2.40. The van der Waals surface area contributed by atoms with Crippen LogP contribution in [0.1, 0.15) is 44.9 Å². The quantitative estimate of drug-likeness (QED) is 0.584. The SMILES string of the molecule is O=C1[C@H]2[C@H]3CC[C@@H](C3)[C@@H]2C(=O)N1C[C@@H]1CCCC[C@H]1CN1CCN(c2nsc3ccccc23)CC1. The van der Waals surface area contributed by atoms with E-state index in [-0.39, 0.29) is 23.7 Å². The van der Waals surface area contributed by atoms with Crippen molar-refractivity contribution < 1.29 is 9.59 Å². The Balaban J connectivity index is 0.986. The highest BCUT2D eigenvalue weighted by molar-refractivity contribution is 7.13. The number of rotatable bonds is 5. The third-order valence-corrected chi connectivity index (χ3v) is 10.8. The molecule has 2 saturated heterocycles. The molecule has 3 aliphatic carbocycles. The van der Waals surface area contributed by atoms with E-state index in [1.165, 1.54) is 29.3 Å². The van der Waals surface area contributed by atoms with E-state index in [4.69, 9.17) is 4.37 Å². The molecule has 5 fully saturated rings. The number of amides is 2. The van der Waals surface area contributed by atoms with Crippen molar-refractivity contribution in [3.05, 3.63) is 24.3 Å². The van der Waals surface area contributed by atoms with Crippen molar-refractivity contribution in [1.29, 1.82) is 0 Å². The van der Waals surface area contributed by atoms with Crippen LogP contribution in [0.5, 0.6) is 0 Å². The normalized spacial score (nSPS) is 35.4. The van der Waals surface area contributed by atoms with Crippen LogP contribution in [-0.2, 0) is 9.59 Å². The van der Waals surface area contributed by atoms with Gasteiger partial charge < -0.3 is 4.90 Å². The van der Waals surface area contributed by atoms with Gasteiger partial charge in [0.25, 0.3) is 0 Å². The van der Waals surface area contributed by atoms with E-state index in [0.717, 1.165) is 64.2 Å². The van der Waals surface area contributed by atoms with Gasteiger partial charge in [-0.25, -0.2) is 0 Å². The minimum Gasteiger partial charge on any atom is -0.353 e. The predicted molar refractivity (Wildman–Crippen MR) is 138 cm³/mol. The smallest absolute Gasteiger partial charge is 0.233 e. The molecule has 0 unspecified atom stereocenters. The summed E-state index contributed by atoms with van der Waals surface area (Å²) in [6.45, 7) is 5.93. The molecule has 3 saturated carbocycles. The van der Waals surface area contributed by atoms with Crippen molar-refractivity contribution in [1.82, 2.24) is 14.2 Å². The second kappa shape index (κ2) is 8.84. The highest BCUT2D eigenvalue weighted by atomic mass is 32.1. The maximum atomic E-state index is 13.3. The van der Waals surface area contributed by atoms with Gasteiger partial charge in [0.2, 0.25) is 11.8 Å². The highest BCUT2D eigenvalue weighted by Crippen LogP contribution is 2.56. The van der Waals surface area contributed by atoms with Crippen molar-refractivity contribution >= 4 is 39.3 Å². The standard InChI is InChI=1S/C28H36N4O2S/c33-27-24-18-9-10-19(15-18)25(24)28(34)32(27)17-21-6-2-1-5-20(21)16-30-11-13-31(14-12-30)26-22-7-3-4-8-23(22)35-29-26/h3-4,7-8,18-21,24-25H,1-2,5-6,9-17H2/t18-,19-,20-,21-,24-,25-/m0/s1. The number of aromatic nitrogens is 1. The van der Waals surface area contributed by atoms with Crippen LogP contribution in [0.15, 0.2) is 24.3 Å². The Morgan fingerprint density at radius 2 is 1.49 bits per heavy atom. The molecule has 186 valence electrons. The summed E-state index contributed by atoms with van der Waals surface area (Å²) in [7, 11) is 0. The molecule has 2 aliphatic heterocycles. The minimum absolute atomic E-state index is 0.0261. The fourth-order valence-electron chi connectivity index (χ4n) is 8.22. The van der Waals surface area contributed by atoms with E-state index in [0.29, 0.717) is 30.2 Å². The number of carbonyl (C=O) groups excluding carboxylic acids is 2. The predicted octanol–water partition coefficient (Wildman–Crippen LogP) is 4.26. The molecule has 7 heteroatoms. The number of anilines is 1. The summed E-state index contributed by atoms with van der Waals surface area (Å²) in [5.41, 5.74) is 0. The molecule has 6 nitrogen and oxygen atoms in total. The average Bonchev–Trinajstić information content (AvgIpc) is 3.66. The second-order valence-corrected chi connectivity index (χ2v) is 12.6. The zero-order valence-corrected chi connectivity index (χ0v) is 21.3. The Labute approximate surface area is 211 Å². The van der Waals surface area contributed by atoms with E-state index in [1.807, 2.05) is 0 Å². The molecule has 5 aliphatic rings. The fraction of sp³-hybridized carbons (Fsp3) is 0.679. The van der Waals surface area contributed by atoms with Gasteiger partial charge >= 0.3 is 0 Å². The van der Waals surface area contributed by atoms with Crippen LogP contribution in [0.4, 0.5) is 5.82 Å². The van der Waals surface area contributed by atoms with Crippen molar-refractivity contribution in [3.8, 4) is 0 Å². The van der Waals surface area contributed by atoms with Crippen LogP contribution in [0.2, 0.25) is 0 Å². The molecule has 3 heterocycles. The van der Waals surface area contributed by atoms with E-state index in [1.54, 1.807) is 16.4 Å². The van der Waals surface area contributed by atoms with Crippen LogP contribution < -0.4 is 4.90 Å². The Kier molecular flexibility index (Phi) is 5.61. The molecular formula is C28H36N4O2S. The Morgan fingerprint density at radius 1 is 0.829 bits per heavy atom. The summed E-state index contributed by atoms with van der Waals surface area (Å²) in [5.74, 6) is 3.59. The number of imide groups is 1. The third kappa shape index (κ3) is 3.72. The lowest BCUT2D eigenvalue weighted by Crippen LogP contribution is -2.49. The molecule has 7 rings (SSSR count). The molecule has 6 atom stereocenters. The van der Waals surface area contributed by atoms with E-state index in [2.05, 4.69) is 34.1 Å². The number of fused-ring (bicyclic) bond motifs is 6. The van der Waals surface area contributed by atoms with Gasteiger partial charge in [-0.05, 0) is 79.4 Å². The maximum Gasteiger partial charge on any atom is 0.233 e. The number of hydrogen-bond acceptors (Lipinski definition) is 6. The molecule has 1 aromatic heterocycles. The summed E-state index contributed by atoms with van der Waals surface area (Å²) < 4.78 is 6.02. The molecular weight excluding hydrogens is 456 g/mol. The Bertz CT molecular complexity index is 1100. The van der Waals surface area contributed by atoms with Gasteiger partial charge in [0.1, 0.15) is 5.82 Å². The zero-order chi connectivity index (χ0) is 23.5.